The minimum Gasteiger partial charge on any atom is -0.352 e. The number of benzene rings is 1. The van der Waals surface area contributed by atoms with Gasteiger partial charge < -0.3 is 10.2 Å². The van der Waals surface area contributed by atoms with E-state index in [-0.39, 0.29) is 23.5 Å². The van der Waals surface area contributed by atoms with Crippen LogP contribution in [-0.2, 0) is 22.6 Å². The first-order chi connectivity index (χ1) is 13.0. The van der Waals surface area contributed by atoms with Gasteiger partial charge in [-0.25, -0.2) is 4.39 Å². The molecule has 1 aromatic carbocycles. The summed E-state index contributed by atoms with van der Waals surface area (Å²) in [6, 6.07) is 7.06. The van der Waals surface area contributed by atoms with E-state index < -0.39 is 0 Å². The van der Waals surface area contributed by atoms with Crippen LogP contribution in [-0.4, -0.2) is 29.8 Å². The van der Waals surface area contributed by atoms with Crippen molar-refractivity contribution in [1.82, 2.24) is 10.2 Å². The van der Waals surface area contributed by atoms with Crippen molar-refractivity contribution in [2.24, 2.45) is 5.92 Å². The van der Waals surface area contributed by atoms with Crippen LogP contribution in [0.1, 0.15) is 36.0 Å². The molecule has 144 valence electrons. The molecule has 0 bridgehead atoms. The quantitative estimate of drug-likeness (QED) is 0.821. The standard InChI is InChI=1S/C21H25FN2O2S/c1-15-2-3-17(12-19(15)22)13-23-21(26)18-6-9-24(10-7-18)20(25)5-4-16-8-11-27-14-16/h2-3,8,11-12,14,18H,4-7,9-10,13H2,1H3,(H,23,26). The molecular weight excluding hydrogens is 363 g/mol. The second kappa shape index (κ2) is 9.13. The highest BCUT2D eigenvalue weighted by Gasteiger charge is 2.27. The zero-order valence-corrected chi connectivity index (χ0v) is 16.4. The van der Waals surface area contributed by atoms with Crippen LogP contribution in [0.3, 0.4) is 0 Å². The van der Waals surface area contributed by atoms with E-state index in [1.165, 1.54) is 11.6 Å². The lowest BCUT2D eigenvalue weighted by molar-refractivity contribution is -0.135. The molecule has 0 spiro atoms. The predicted octanol–water partition coefficient (Wildman–Crippen LogP) is 3.68. The van der Waals surface area contributed by atoms with Crippen LogP contribution in [0.5, 0.6) is 0 Å². The number of rotatable bonds is 6. The number of piperidine rings is 1. The van der Waals surface area contributed by atoms with Crippen LogP contribution in [0.2, 0.25) is 0 Å². The molecule has 0 saturated carbocycles. The number of nitrogens with zero attached hydrogens (tertiary/aromatic N) is 1. The van der Waals surface area contributed by atoms with Crippen LogP contribution < -0.4 is 5.32 Å². The highest BCUT2D eigenvalue weighted by molar-refractivity contribution is 7.07. The van der Waals surface area contributed by atoms with E-state index in [0.717, 1.165) is 12.0 Å². The van der Waals surface area contributed by atoms with E-state index in [9.17, 15) is 14.0 Å². The lowest BCUT2D eigenvalue weighted by atomic mass is 9.95. The molecule has 3 rings (SSSR count). The van der Waals surface area contributed by atoms with E-state index in [1.54, 1.807) is 24.3 Å². The third-order valence-electron chi connectivity index (χ3n) is 5.13. The van der Waals surface area contributed by atoms with E-state index >= 15 is 0 Å². The van der Waals surface area contributed by atoms with Crippen LogP contribution in [0.4, 0.5) is 4.39 Å². The number of amides is 2. The van der Waals surface area contributed by atoms with Crippen molar-refractivity contribution in [2.45, 2.75) is 39.2 Å². The van der Waals surface area contributed by atoms with Gasteiger partial charge in [0.25, 0.3) is 0 Å². The summed E-state index contributed by atoms with van der Waals surface area (Å²) in [6.07, 6.45) is 2.65. The number of hydrogen-bond donors (Lipinski definition) is 1. The van der Waals surface area contributed by atoms with Gasteiger partial charge in [-0.3, -0.25) is 9.59 Å². The molecule has 27 heavy (non-hydrogen) atoms. The summed E-state index contributed by atoms with van der Waals surface area (Å²) in [5.41, 5.74) is 2.56. The van der Waals surface area contributed by atoms with Gasteiger partial charge >= 0.3 is 0 Å². The lowest BCUT2D eigenvalue weighted by Crippen LogP contribution is -2.43. The van der Waals surface area contributed by atoms with Gasteiger partial charge in [0.05, 0.1) is 0 Å². The van der Waals surface area contributed by atoms with Crippen LogP contribution in [0.25, 0.3) is 0 Å². The second-order valence-corrected chi connectivity index (χ2v) is 7.87. The third-order valence-corrected chi connectivity index (χ3v) is 5.86. The molecule has 1 aromatic heterocycles. The molecule has 1 fully saturated rings. The number of thiophene rings is 1. The smallest absolute Gasteiger partial charge is 0.223 e. The Balaban J connectivity index is 1.40. The van der Waals surface area contributed by atoms with Gasteiger partial charge in [0.2, 0.25) is 11.8 Å². The number of likely N-dealkylation sites (tertiary alicyclic amines) is 1. The predicted molar refractivity (Wildman–Crippen MR) is 105 cm³/mol. The first-order valence-electron chi connectivity index (χ1n) is 9.34. The molecule has 0 unspecified atom stereocenters. The Bertz CT molecular complexity index is 783. The van der Waals surface area contributed by atoms with Crippen molar-refractivity contribution < 1.29 is 14.0 Å². The minimum absolute atomic E-state index is 0.0126. The minimum atomic E-state index is -0.254. The maximum Gasteiger partial charge on any atom is 0.223 e. The van der Waals surface area contributed by atoms with Crippen LogP contribution >= 0.6 is 11.3 Å². The number of carbonyl (C=O) groups is 2. The van der Waals surface area contributed by atoms with Gasteiger partial charge in [-0.05, 0) is 65.8 Å². The molecule has 0 aliphatic carbocycles. The maximum atomic E-state index is 13.6. The van der Waals surface area contributed by atoms with Gasteiger partial charge in [-0.1, -0.05) is 12.1 Å². The number of nitrogens with one attached hydrogen (secondary N) is 1. The first-order valence-corrected chi connectivity index (χ1v) is 10.3. The molecule has 1 N–H and O–H groups in total. The van der Waals surface area contributed by atoms with Crippen molar-refractivity contribution in [3.63, 3.8) is 0 Å². The number of hydrogen-bond acceptors (Lipinski definition) is 3. The Kier molecular flexibility index (Phi) is 6.61. The topological polar surface area (TPSA) is 49.4 Å². The summed E-state index contributed by atoms with van der Waals surface area (Å²) >= 11 is 1.64. The van der Waals surface area contributed by atoms with Crippen molar-refractivity contribution in [3.05, 3.63) is 57.5 Å². The average Bonchev–Trinajstić information content (AvgIpc) is 3.20. The number of halogens is 1. The van der Waals surface area contributed by atoms with Gasteiger partial charge in [0.1, 0.15) is 5.82 Å². The molecule has 0 radical (unpaired) electrons. The zero-order chi connectivity index (χ0) is 19.2. The number of carbonyl (C=O) groups excluding carboxylic acids is 2. The molecule has 2 heterocycles. The van der Waals surface area contributed by atoms with Crippen molar-refractivity contribution in [2.75, 3.05) is 13.1 Å². The molecule has 2 aromatic rings. The zero-order valence-electron chi connectivity index (χ0n) is 15.5. The molecule has 0 atom stereocenters. The second-order valence-electron chi connectivity index (χ2n) is 7.09. The normalized spacial score (nSPS) is 15.0. The molecule has 2 amide bonds. The van der Waals surface area contributed by atoms with E-state index in [4.69, 9.17) is 0 Å². The summed E-state index contributed by atoms with van der Waals surface area (Å²) in [5, 5.41) is 6.99. The maximum absolute atomic E-state index is 13.6. The highest BCUT2D eigenvalue weighted by atomic mass is 32.1. The van der Waals surface area contributed by atoms with E-state index in [2.05, 4.69) is 16.8 Å². The van der Waals surface area contributed by atoms with Gasteiger partial charge in [-0.2, -0.15) is 11.3 Å². The molecule has 1 aliphatic heterocycles. The van der Waals surface area contributed by atoms with Gasteiger partial charge in [0, 0.05) is 32.0 Å². The monoisotopic (exact) mass is 388 g/mol. The Morgan fingerprint density at radius 1 is 1.22 bits per heavy atom. The Morgan fingerprint density at radius 2 is 2.00 bits per heavy atom. The molecular formula is C21H25FN2O2S. The largest absolute Gasteiger partial charge is 0.352 e. The summed E-state index contributed by atoms with van der Waals surface area (Å²) in [4.78, 5) is 26.6. The summed E-state index contributed by atoms with van der Waals surface area (Å²) in [6.45, 7) is 3.29. The highest BCUT2D eigenvalue weighted by Crippen LogP contribution is 2.19. The first kappa shape index (κ1) is 19.5. The number of aryl methyl sites for hydroxylation is 2. The Labute approximate surface area is 163 Å². The van der Waals surface area contributed by atoms with Gasteiger partial charge in [0.15, 0.2) is 0 Å². The van der Waals surface area contributed by atoms with Crippen LogP contribution in [0.15, 0.2) is 35.0 Å². The molecule has 6 heteroatoms. The lowest BCUT2D eigenvalue weighted by Gasteiger charge is -2.31. The Hall–Kier alpha value is -2.21. The average molecular weight is 389 g/mol. The molecule has 4 nitrogen and oxygen atoms in total. The fourth-order valence-corrected chi connectivity index (χ4v) is 4.02. The van der Waals surface area contributed by atoms with Crippen LogP contribution in [0, 0.1) is 18.7 Å². The van der Waals surface area contributed by atoms with Gasteiger partial charge in [-0.15, -0.1) is 0 Å². The van der Waals surface area contributed by atoms with Crippen molar-refractivity contribution in [1.29, 1.82) is 0 Å². The van der Waals surface area contributed by atoms with Crippen molar-refractivity contribution >= 4 is 23.2 Å². The third kappa shape index (κ3) is 5.39. The fraction of sp³-hybridized carbons (Fsp3) is 0.429. The summed E-state index contributed by atoms with van der Waals surface area (Å²) in [7, 11) is 0. The molecule has 1 saturated heterocycles. The fourth-order valence-electron chi connectivity index (χ4n) is 3.32. The Morgan fingerprint density at radius 3 is 2.67 bits per heavy atom. The summed E-state index contributed by atoms with van der Waals surface area (Å²) in [5.74, 6) is -0.186. The van der Waals surface area contributed by atoms with E-state index in [0.29, 0.717) is 44.5 Å². The van der Waals surface area contributed by atoms with E-state index in [1.807, 2.05) is 16.3 Å². The summed E-state index contributed by atoms with van der Waals surface area (Å²) < 4.78 is 13.6. The molecule has 1 aliphatic rings. The van der Waals surface area contributed by atoms with Crippen molar-refractivity contribution in [3.8, 4) is 0 Å². The SMILES string of the molecule is Cc1ccc(CNC(=O)C2CCN(C(=O)CCc3ccsc3)CC2)cc1F.